The zero-order chi connectivity index (χ0) is 48.3. The Labute approximate surface area is 393 Å². The van der Waals surface area contributed by atoms with Crippen molar-refractivity contribution in [1.29, 1.82) is 5.26 Å². The molecule has 15 nitrogen and oxygen atoms in total. The smallest absolute Gasteiger partial charge is 0.412 e. The van der Waals surface area contributed by atoms with Crippen LogP contribution in [0.3, 0.4) is 0 Å². The van der Waals surface area contributed by atoms with Crippen LogP contribution in [0.1, 0.15) is 100.0 Å². The Morgan fingerprint density at radius 1 is 0.939 bits per heavy atom. The van der Waals surface area contributed by atoms with Crippen molar-refractivity contribution in [3.8, 4) is 23.2 Å². The van der Waals surface area contributed by atoms with Crippen LogP contribution in [0.2, 0.25) is 5.02 Å². The average molecular weight is 957 g/mol. The van der Waals surface area contributed by atoms with E-state index < -0.39 is 34.5 Å². The summed E-state index contributed by atoms with van der Waals surface area (Å²) in [4.78, 5) is 52.1. The van der Waals surface area contributed by atoms with Crippen LogP contribution in [0.15, 0.2) is 18.2 Å². The number of hydrogen-bond acceptors (Lipinski definition) is 14. The van der Waals surface area contributed by atoms with Crippen molar-refractivity contribution in [1.82, 2.24) is 19.8 Å². The molecule has 2 bridgehead atoms. The Kier molecular flexibility index (Phi) is 15.6. The van der Waals surface area contributed by atoms with Crippen molar-refractivity contribution in [2.75, 3.05) is 63.3 Å². The van der Waals surface area contributed by atoms with Gasteiger partial charge in [0, 0.05) is 42.6 Å². The summed E-state index contributed by atoms with van der Waals surface area (Å²) in [6.45, 7) is 21.8. The normalized spacial score (nSPS) is 17.5. The van der Waals surface area contributed by atoms with Crippen LogP contribution in [0.25, 0.3) is 32.1 Å². The van der Waals surface area contributed by atoms with Gasteiger partial charge in [-0.3, -0.25) is 15.0 Å². The van der Waals surface area contributed by atoms with Gasteiger partial charge in [-0.2, -0.15) is 15.2 Å². The third-order valence-corrected chi connectivity index (χ3v) is 12.2. The number of hydrogen-bond donors (Lipinski definition) is 1. The first-order valence-corrected chi connectivity index (χ1v) is 23.3. The number of esters is 1. The van der Waals surface area contributed by atoms with Crippen molar-refractivity contribution in [2.45, 2.75) is 123 Å². The Morgan fingerprint density at radius 3 is 2.17 bits per heavy atom. The van der Waals surface area contributed by atoms with Crippen molar-refractivity contribution in [2.24, 2.45) is 0 Å². The summed E-state index contributed by atoms with van der Waals surface area (Å²) in [6.07, 6.45) is 3.07. The van der Waals surface area contributed by atoms with Gasteiger partial charge in [-0.25, -0.2) is 18.4 Å². The van der Waals surface area contributed by atoms with E-state index in [4.69, 9.17) is 35.3 Å². The molecule has 3 saturated heterocycles. The number of nitrogens with zero attached hydrogens (tertiary/aromatic N) is 6. The Hall–Kier alpha value is -5.09. The summed E-state index contributed by atoms with van der Waals surface area (Å²) < 4.78 is 59.1. The molecule has 7 rings (SSSR count). The molecule has 0 saturated carbocycles. The highest BCUT2D eigenvalue weighted by atomic mass is 35.5. The fourth-order valence-electron chi connectivity index (χ4n) is 8.04. The number of rotatable bonds is 11. The molecule has 2 aromatic heterocycles. The first kappa shape index (κ1) is 50.3. The highest BCUT2D eigenvalue weighted by molar-refractivity contribution is 7.23. The quantitative estimate of drug-likeness (QED) is 0.0857. The number of nitrogens with one attached hydrogen (secondary N) is 1. The number of ether oxygens (including phenoxy) is 5. The van der Waals surface area contributed by atoms with E-state index in [-0.39, 0.29) is 72.5 Å². The predicted molar refractivity (Wildman–Crippen MR) is 250 cm³/mol. The molecular weight excluding hydrogens is 896 g/mol. The summed E-state index contributed by atoms with van der Waals surface area (Å²) in [5, 5.41) is 13.1. The lowest BCUT2D eigenvalue weighted by molar-refractivity contribution is -0.156. The third kappa shape index (κ3) is 12.3. The van der Waals surface area contributed by atoms with Gasteiger partial charge in [-0.05, 0) is 119 Å². The maximum absolute atomic E-state index is 16.9. The summed E-state index contributed by atoms with van der Waals surface area (Å²) in [6, 6.07) is 5.67. The molecule has 3 aliphatic rings. The molecular formula is C47H60ClF2N7O8S. The molecule has 4 aromatic rings. The van der Waals surface area contributed by atoms with Crippen molar-refractivity contribution in [3.05, 3.63) is 40.4 Å². The maximum Gasteiger partial charge on any atom is 0.412 e. The summed E-state index contributed by atoms with van der Waals surface area (Å²) >= 11 is 7.67. The molecule has 2 atom stereocenters. The van der Waals surface area contributed by atoms with Crippen LogP contribution in [0.4, 0.5) is 29.2 Å². The van der Waals surface area contributed by atoms with Gasteiger partial charge < -0.3 is 33.5 Å². The number of anilines is 2. The summed E-state index contributed by atoms with van der Waals surface area (Å²) in [5.41, 5.74) is -2.00. The number of halogens is 3. The third-order valence-electron chi connectivity index (χ3n) is 10.8. The number of carbonyl (C=O) groups excluding carboxylic acids is 3. The van der Waals surface area contributed by atoms with Gasteiger partial charge in [0.1, 0.15) is 45.0 Å². The van der Waals surface area contributed by atoms with Gasteiger partial charge in [0.05, 0.1) is 47.5 Å². The first-order valence-electron chi connectivity index (χ1n) is 22.1. The van der Waals surface area contributed by atoms with E-state index in [1.165, 1.54) is 32.7 Å². The lowest BCUT2D eigenvalue weighted by Crippen LogP contribution is -2.57. The largest absolute Gasteiger partial charge is 0.467 e. The standard InChI is InChI=1S/C34H35ClF2N6O5S.C13H25NO3/c1-33(2,3)47-31(44)41-29-20(13-38)23-18(10-11-22(36)27(23)49-29)24-21(35)12-19-26(25(24)37)39-30(46-7)40-28(19)42-14-16-8-9-17(15-42)43(16)32(45)48-34(4,5)6;1-13(2,3)17-12(15)6-11-16-10-5-9-14-7-4-8-14/h10-12,16-17H,8-9,14-15H2,1-7H3,(H,41,44);4-11H2,1-3H3. The minimum atomic E-state index is -0.830. The average Bonchev–Trinajstić information content (AvgIpc) is 3.69. The molecule has 19 heteroatoms. The number of thiophene rings is 1. The molecule has 66 heavy (non-hydrogen) atoms. The molecule has 3 fully saturated rings. The molecule has 0 spiro atoms. The summed E-state index contributed by atoms with van der Waals surface area (Å²) in [7, 11) is 1.37. The Bertz CT molecular complexity index is 2480. The zero-order valence-electron chi connectivity index (χ0n) is 39.4. The number of piperazine rings is 1. The fraction of sp³-hybridized carbons (Fsp3) is 0.574. The van der Waals surface area contributed by atoms with Gasteiger partial charge in [0.2, 0.25) is 0 Å². The van der Waals surface area contributed by atoms with Gasteiger partial charge >= 0.3 is 24.2 Å². The second-order valence-electron chi connectivity index (χ2n) is 19.5. The number of methoxy groups -OCH3 is 1. The second-order valence-corrected chi connectivity index (χ2v) is 20.9. The molecule has 0 radical (unpaired) electrons. The summed E-state index contributed by atoms with van der Waals surface area (Å²) in [5.74, 6) is -1.29. The molecule has 0 aliphatic carbocycles. The number of nitriles is 1. The van der Waals surface area contributed by atoms with E-state index in [9.17, 15) is 19.6 Å². The van der Waals surface area contributed by atoms with Crippen LogP contribution >= 0.6 is 22.9 Å². The molecule has 2 aromatic carbocycles. The van der Waals surface area contributed by atoms with E-state index in [1.807, 2.05) is 52.5 Å². The van der Waals surface area contributed by atoms with Crippen molar-refractivity contribution >= 4 is 72.9 Å². The number of amides is 2. The number of carbonyl (C=O) groups is 3. The van der Waals surface area contributed by atoms with Crippen LogP contribution in [0.5, 0.6) is 6.01 Å². The number of likely N-dealkylation sites (tertiary alicyclic amines) is 1. The van der Waals surface area contributed by atoms with Gasteiger partial charge in [-0.15, -0.1) is 11.3 Å². The Balaban J connectivity index is 0.000000357. The van der Waals surface area contributed by atoms with Gasteiger partial charge in [-0.1, -0.05) is 17.7 Å². The molecule has 358 valence electrons. The highest BCUT2D eigenvalue weighted by Crippen LogP contribution is 2.47. The molecule has 5 heterocycles. The van der Waals surface area contributed by atoms with E-state index >= 15 is 8.78 Å². The topological polar surface area (TPSA) is 169 Å². The number of fused-ring (bicyclic) bond motifs is 4. The lowest BCUT2D eigenvalue weighted by atomic mass is 9.97. The lowest BCUT2D eigenvalue weighted by Gasteiger charge is -2.42. The van der Waals surface area contributed by atoms with E-state index in [2.05, 4.69) is 20.2 Å². The molecule has 2 amide bonds. The van der Waals surface area contributed by atoms with E-state index in [1.54, 1.807) is 31.7 Å². The zero-order valence-corrected chi connectivity index (χ0v) is 40.9. The second kappa shape index (κ2) is 20.4. The van der Waals surface area contributed by atoms with Gasteiger partial charge in [0.15, 0.2) is 5.82 Å². The number of benzene rings is 2. The van der Waals surface area contributed by atoms with E-state index in [0.29, 0.717) is 37.3 Å². The van der Waals surface area contributed by atoms with E-state index in [0.717, 1.165) is 49.8 Å². The highest BCUT2D eigenvalue weighted by Gasteiger charge is 2.45. The minimum absolute atomic E-state index is 0.0231. The van der Waals surface area contributed by atoms with Crippen molar-refractivity contribution < 1.29 is 46.8 Å². The fourth-order valence-corrected chi connectivity index (χ4v) is 9.41. The maximum atomic E-state index is 16.9. The first-order chi connectivity index (χ1) is 31.0. The SMILES string of the molecule is CC(C)(C)OC(=O)CCOCCCN1CCC1.COc1nc(N2CC3CCC(C2)N3C(=O)OC(C)(C)C)c2cc(Cl)c(-c3ccc(F)c4sc(NC(=O)OC(C)(C)C)c(C#N)c34)c(F)c2n1. The van der Waals surface area contributed by atoms with Crippen LogP contribution < -0.4 is 15.0 Å². The van der Waals surface area contributed by atoms with Crippen LogP contribution in [-0.4, -0.2) is 120 Å². The Morgan fingerprint density at radius 2 is 1.59 bits per heavy atom. The minimum Gasteiger partial charge on any atom is -0.467 e. The van der Waals surface area contributed by atoms with Gasteiger partial charge in [0.25, 0.3) is 0 Å². The van der Waals surface area contributed by atoms with Crippen LogP contribution in [-0.2, 0) is 23.7 Å². The van der Waals surface area contributed by atoms with Crippen LogP contribution in [0, 0.1) is 23.0 Å². The van der Waals surface area contributed by atoms with Crippen molar-refractivity contribution in [3.63, 3.8) is 0 Å². The molecule has 3 aliphatic heterocycles. The number of aromatic nitrogens is 2. The monoisotopic (exact) mass is 955 g/mol. The molecule has 1 N–H and O–H groups in total. The predicted octanol–water partition coefficient (Wildman–Crippen LogP) is 10.1. The molecule has 2 unspecified atom stereocenters.